The first-order valence-electron chi connectivity index (χ1n) is 15.4. The van der Waals surface area contributed by atoms with Gasteiger partial charge in [0.2, 0.25) is 0 Å². The van der Waals surface area contributed by atoms with Crippen molar-refractivity contribution in [1.82, 2.24) is 24.2 Å². The Kier molecular flexibility index (Phi) is 9.74. The van der Waals surface area contributed by atoms with Gasteiger partial charge in [-0.25, -0.2) is 14.8 Å². The summed E-state index contributed by atoms with van der Waals surface area (Å²) in [5.74, 6) is 1.01. The average Bonchev–Trinajstić information content (AvgIpc) is 3.44. The topological polar surface area (TPSA) is 101 Å². The van der Waals surface area contributed by atoms with Crippen LogP contribution in [0.2, 0.25) is 0 Å². The van der Waals surface area contributed by atoms with Crippen molar-refractivity contribution in [3.05, 3.63) is 72.2 Å². The Morgan fingerprint density at radius 3 is 2.46 bits per heavy atom. The van der Waals surface area contributed by atoms with Crippen LogP contribution >= 0.6 is 0 Å². The Bertz CT molecular complexity index is 1680. The molecule has 3 heterocycles. The van der Waals surface area contributed by atoms with Gasteiger partial charge in [-0.1, -0.05) is 0 Å². The molecule has 4 aromatic rings. The number of piperidine rings is 1. The quantitative estimate of drug-likeness (QED) is 0.209. The van der Waals surface area contributed by atoms with Gasteiger partial charge in [-0.3, -0.25) is 9.20 Å². The summed E-state index contributed by atoms with van der Waals surface area (Å²) in [5.41, 5.74) is 3.83. The lowest BCUT2D eigenvalue weighted by Crippen LogP contribution is -2.42. The molecule has 1 saturated heterocycles. The van der Waals surface area contributed by atoms with Crippen LogP contribution in [0.4, 0.5) is 25.1 Å². The Hall–Kier alpha value is -4.74. The number of nitrogens with one attached hydrogen (secondary N) is 1. The Labute approximate surface area is 267 Å². The third-order valence-electron chi connectivity index (χ3n) is 8.01. The van der Waals surface area contributed by atoms with Gasteiger partial charge in [-0.05, 0) is 101 Å². The van der Waals surface area contributed by atoms with E-state index in [1.54, 1.807) is 40.5 Å². The standard InChI is InChI=1S/C34H40F2N6O4/c1-22-20-25(39-29-30-38-21-28(42(30)19-15-37-29)24-6-9-26(10-7-24)45-32(35)36)8-11-27(22)31(43)40(5)16-12-23-13-17-41(18-14-23)33(44)46-34(2,3)4/h6-11,15,19-21,23,32H,12-14,16-18H2,1-5H3,(H,37,39). The minimum atomic E-state index is -2.88. The molecule has 0 spiro atoms. The highest BCUT2D eigenvalue weighted by molar-refractivity contribution is 5.96. The zero-order chi connectivity index (χ0) is 33.0. The summed E-state index contributed by atoms with van der Waals surface area (Å²) in [6.45, 7) is 6.59. The number of benzene rings is 2. The molecule has 1 aliphatic heterocycles. The van der Waals surface area contributed by atoms with Crippen LogP contribution in [0.1, 0.15) is 56.0 Å². The van der Waals surface area contributed by atoms with Crippen LogP contribution < -0.4 is 10.1 Å². The number of rotatable bonds is 9. The van der Waals surface area contributed by atoms with Gasteiger partial charge in [0.25, 0.3) is 5.91 Å². The highest BCUT2D eigenvalue weighted by Gasteiger charge is 2.27. The Morgan fingerprint density at radius 2 is 1.80 bits per heavy atom. The zero-order valence-corrected chi connectivity index (χ0v) is 26.8. The molecule has 0 atom stereocenters. The number of halogens is 2. The number of ether oxygens (including phenoxy) is 2. The zero-order valence-electron chi connectivity index (χ0n) is 26.8. The van der Waals surface area contributed by atoms with Crippen molar-refractivity contribution >= 4 is 29.2 Å². The molecule has 1 aliphatic rings. The molecule has 0 bridgehead atoms. The van der Waals surface area contributed by atoms with Gasteiger partial charge in [-0.15, -0.1) is 0 Å². The lowest BCUT2D eigenvalue weighted by atomic mass is 9.93. The second-order valence-corrected chi connectivity index (χ2v) is 12.6. The van der Waals surface area contributed by atoms with Gasteiger partial charge in [0.05, 0.1) is 11.9 Å². The molecule has 1 N–H and O–H groups in total. The van der Waals surface area contributed by atoms with Crippen molar-refractivity contribution in [3.63, 3.8) is 0 Å². The van der Waals surface area contributed by atoms with Crippen LogP contribution in [0.5, 0.6) is 5.75 Å². The van der Waals surface area contributed by atoms with Crippen molar-refractivity contribution in [1.29, 1.82) is 0 Å². The van der Waals surface area contributed by atoms with E-state index < -0.39 is 12.2 Å². The van der Waals surface area contributed by atoms with Gasteiger partial charge < -0.3 is 24.6 Å². The predicted molar refractivity (Wildman–Crippen MR) is 172 cm³/mol. The fourth-order valence-corrected chi connectivity index (χ4v) is 5.56. The van der Waals surface area contributed by atoms with E-state index in [0.717, 1.165) is 41.8 Å². The maximum atomic E-state index is 13.3. The molecule has 2 aromatic heterocycles. The summed E-state index contributed by atoms with van der Waals surface area (Å²) >= 11 is 0. The first-order chi connectivity index (χ1) is 21.9. The number of anilines is 2. The summed E-state index contributed by atoms with van der Waals surface area (Å²) in [5, 5.41) is 3.31. The number of likely N-dealkylation sites (tertiary alicyclic amines) is 1. The van der Waals surface area contributed by atoms with E-state index in [9.17, 15) is 18.4 Å². The molecule has 244 valence electrons. The third-order valence-corrected chi connectivity index (χ3v) is 8.01. The second kappa shape index (κ2) is 13.7. The highest BCUT2D eigenvalue weighted by atomic mass is 19.3. The van der Waals surface area contributed by atoms with E-state index in [4.69, 9.17) is 4.74 Å². The van der Waals surface area contributed by atoms with Crippen molar-refractivity contribution < 1.29 is 27.8 Å². The minimum Gasteiger partial charge on any atom is -0.444 e. The third kappa shape index (κ3) is 7.91. The van der Waals surface area contributed by atoms with Crippen molar-refractivity contribution in [2.45, 2.75) is 59.2 Å². The number of nitrogens with zero attached hydrogens (tertiary/aromatic N) is 5. The SMILES string of the molecule is Cc1cc(Nc2nccn3c(-c4ccc(OC(F)F)cc4)cnc23)ccc1C(=O)N(C)CCC1CCN(C(=O)OC(C)(C)C)CC1. The molecule has 2 aromatic carbocycles. The Morgan fingerprint density at radius 1 is 1.09 bits per heavy atom. The molecule has 1 fully saturated rings. The number of alkyl halides is 2. The van der Waals surface area contributed by atoms with Gasteiger partial charge in [-0.2, -0.15) is 8.78 Å². The van der Waals surface area contributed by atoms with E-state index in [2.05, 4.69) is 20.0 Å². The first-order valence-corrected chi connectivity index (χ1v) is 15.4. The van der Waals surface area contributed by atoms with Crippen LogP contribution in [0.3, 0.4) is 0 Å². The summed E-state index contributed by atoms with van der Waals surface area (Å²) in [6, 6.07) is 11.9. The summed E-state index contributed by atoms with van der Waals surface area (Å²) in [4.78, 5) is 38.2. The molecule has 0 unspecified atom stereocenters. The number of imidazole rings is 1. The molecule has 46 heavy (non-hydrogen) atoms. The number of aromatic nitrogens is 3. The number of hydrogen-bond acceptors (Lipinski definition) is 7. The molecule has 0 saturated carbocycles. The minimum absolute atomic E-state index is 0.0432. The fourth-order valence-electron chi connectivity index (χ4n) is 5.56. The molecule has 12 heteroatoms. The lowest BCUT2D eigenvalue weighted by Gasteiger charge is -2.34. The number of amides is 2. The normalized spacial score (nSPS) is 14.0. The molecule has 2 amide bonds. The van der Waals surface area contributed by atoms with Gasteiger partial charge in [0.15, 0.2) is 11.5 Å². The van der Waals surface area contributed by atoms with Gasteiger partial charge in [0, 0.05) is 55.9 Å². The summed E-state index contributed by atoms with van der Waals surface area (Å²) in [6.07, 6.45) is 7.51. The van der Waals surface area contributed by atoms with Crippen LogP contribution in [-0.4, -0.2) is 75.1 Å². The van der Waals surface area contributed by atoms with Crippen LogP contribution in [-0.2, 0) is 4.74 Å². The van der Waals surface area contributed by atoms with Crippen LogP contribution in [0, 0.1) is 12.8 Å². The molecule has 5 rings (SSSR count). The summed E-state index contributed by atoms with van der Waals surface area (Å²) in [7, 11) is 1.82. The number of aryl methyl sites for hydroxylation is 1. The number of hydrogen-bond donors (Lipinski definition) is 1. The smallest absolute Gasteiger partial charge is 0.410 e. The monoisotopic (exact) mass is 634 g/mol. The lowest BCUT2D eigenvalue weighted by molar-refractivity contribution is -0.0498. The van der Waals surface area contributed by atoms with Gasteiger partial charge in [0.1, 0.15) is 11.4 Å². The summed E-state index contributed by atoms with van der Waals surface area (Å²) < 4.78 is 36.9. The van der Waals surface area contributed by atoms with E-state index in [1.807, 2.05) is 57.3 Å². The van der Waals surface area contributed by atoms with E-state index in [-0.39, 0.29) is 17.7 Å². The molecule has 10 nitrogen and oxygen atoms in total. The number of carbonyl (C=O) groups excluding carboxylic acids is 2. The van der Waals surface area contributed by atoms with Crippen LogP contribution in [0.15, 0.2) is 61.1 Å². The van der Waals surface area contributed by atoms with Crippen molar-refractivity contribution in [2.24, 2.45) is 5.92 Å². The highest BCUT2D eigenvalue weighted by Crippen LogP contribution is 2.28. The molecular weight excluding hydrogens is 594 g/mol. The number of carbonyl (C=O) groups is 2. The van der Waals surface area contributed by atoms with E-state index >= 15 is 0 Å². The van der Waals surface area contributed by atoms with Gasteiger partial charge >= 0.3 is 12.7 Å². The average molecular weight is 635 g/mol. The van der Waals surface area contributed by atoms with E-state index in [0.29, 0.717) is 42.6 Å². The molecular formula is C34H40F2N6O4. The van der Waals surface area contributed by atoms with E-state index in [1.165, 1.54) is 12.1 Å². The molecule has 0 radical (unpaired) electrons. The van der Waals surface area contributed by atoms with Crippen LogP contribution in [0.25, 0.3) is 16.9 Å². The largest absolute Gasteiger partial charge is 0.444 e. The fraction of sp³-hybridized carbons (Fsp3) is 0.412. The Balaban J connectivity index is 1.18. The second-order valence-electron chi connectivity index (χ2n) is 12.6. The van der Waals surface area contributed by atoms with Crippen molar-refractivity contribution in [2.75, 3.05) is 32.0 Å². The van der Waals surface area contributed by atoms with Crippen molar-refractivity contribution in [3.8, 4) is 17.0 Å². The molecule has 0 aliphatic carbocycles. The maximum Gasteiger partial charge on any atom is 0.410 e. The maximum absolute atomic E-state index is 13.3. The number of fused-ring (bicyclic) bond motifs is 1. The predicted octanol–water partition coefficient (Wildman–Crippen LogP) is 7.16. The first kappa shape index (κ1) is 32.6.